The van der Waals surface area contributed by atoms with E-state index in [9.17, 15) is 9.59 Å². The molecule has 1 heterocycles. The zero-order chi connectivity index (χ0) is 22.3. The Morgan fingerprint density at radius 1 is 1.00 bits per heavy atom. The molecule has 0 radical (unpaired) electrons. The number of hydrogen-bond acceptors (Lipinski definition) is 6. The van der Waals surface area contributed by atoms with Crippen LogP contribution >= 0.6 is 0 Å². The lowest BCUT2D eigenvalue weighted by molar-refractivity contribution is -0.120. The molecule has 32 heavy (non-hydrogen) atoms. The highest BCUT2D eigenvalue weighted by molar-refractivity contribution is 5.92. The van der Waals surface area contributed by atoms with Crippen LogP contribution in [0.15, 0.2) is 60.7 Å². The number of aromatic nitrogens is 2. The zero-order valence-corrected chi connectivity index (χ0v) is 17.7. The maximum atomic E-state index is 12.3. The van der Waals surface area contributed by atoms with Gasteiger partial charge in [0, 0.05) is 29.4 Å². The molecule has 0 aliphatic heterocycles. The fourth-order valence-electron chi connectivity index (χ4n) is 3.06. The summed E-state index contributed by atoms with van der Waals surface area (Å²) in [6, 6.07) is 18.3. The number of ether oxygens (including phenoxy) is 2. The molecule has 164 valence electrons. The van der Waals surface area contributed by atoms with E-state index < -0.39 is 0 Å². The summed E-state index contributed by atoms with van der Waals surface area (Å²) in [5.74, 6) is 0.874. The number of rotatable bonds is 9. The van der Waals surface area contributed by atoms with E-state index in [1.54, 1.807) is 37.4 Å². The second-order valence-electron chi connectivity index (χ2n) is 7.47. The monoisotopic (exact) mass is 432 g/mol. The standard InChI is InChI=1S/C24H24N4O4/c1-31-20-9-5-8-18(12-20)26-22(30)15-32-23-14-19(13-21(29)25-17-10-11-17)27-24(28-23)16-6-3-2-4-7-16/h2-9,12,14,17H,10-11,13,15H2,1H3,(H,25,29)(H,26,30). The summed E-state index contributed by atoms with van der Waals surface area (Å²) in [6.45, 7) is -0.240. The second kappa shape index (κ2) is 9.91. The summed E-state index contributed by atoms with van der Waals surface area (Å²) >= 11 is 0. The van der Waals surface area contributed by atoms with Crippen LogP contribution in [0, 0.1) is 0 Å². The number of benzene rings is 2. The van der Waals surface area contributed by atoms with Crippen molar-refractivity contribution in [2.45, 2.75) is 25.3 Å². The van der Waals surface area contributed by atoms with E-state index >= 15 is 0 Å². The van der Waals surface area contributed by atoms with Gasteiger partial charge < -0.3 is 20.1 Å². The van der Waals surface area contributed by atoms with E-state index in [1.807, 2.05) is 30.3 Å². The molecule has 0 bridgehead atoms. The van der Waals surface area contributed by atoms with Crippen molar-refractivity contribution >= 4 is 17.5 Å². The second-order valence-corrected chi connectivity index (χ2v) is 7.47. The van der Waals surface area contributed by atoms with Crippen LogP contribution in [0.3, 0.4) is 0 Å². The molecule has 1 aliphatic rings. The number of anilines is 1. The third-order valence-corrected chi connectivity index (χ3v) is 4.78. The highest BCUT2D eigenvalue weighted by atomic mass is 16.5. The van der Waals surface area contributed by atoms with Gasteiger partial charge in [-0.2, -0.15) is 4.98 Å². The van der Waals surface area contributed by atoms with Gasteiger partial charge >= 0.3 is 0 Å². The van der Waals surface area contributed by atoms with E-state index in [-0.39, 0.29) is 36.8 Å². The van der Waals surface area contributed by atoms with Crippen molar-refractivity contribution in [3.8, 4) is 23.0 Å². The first-order valence-electron chi connectivity index (χ1n) is 10.4. The maximum Gasteiger partial charge on any atom is 0.262 e. The van der Waals surface area contributed by atoms with Gasteiger partial charge in [0.1, 0.15) is 5.75 Å². The van der Waals surface area contributed by atoms with Gasteiger partial charge in [0.2, 0.25) is 11.8 Å². The minimum Gasteiger partial charge on any atom is -0.497 e. The van der Waals surface area contributed by atoms with Crippen molar-refractivity contribution in [1.82, 2.24) is 15.3 Å². The van der Waals surface area contributed by atoms with Gasteiger partial charge in [-0.3, -0.25) is 9.59 Å². The van der Waals surface area contributed by atoms with Gasteiger partial charge in [-0.15, -0.1) is 0 Å². The molecule has 2 N–H and O–H groups in total. The van der Waals surface area contributed by atoms with Crippen molar-refractivity contribution in [2.24, 2.45) is 0 Å². The van der Waals surface area contributed by atoms with Crippen molar-refractivity contribution in [1.29, 1.82) is 0 Å². The molecule has 4 rings (SSSR count). The smallest absolute Gasteiger partial charge is 0.262 e. The molecule has 8 nitrogen and oxygen atoms in total. The summed E-state index contributed by atoms with van der Waals surface area (Å²) in [5, 5.41) is 5.71. The Morgan fingerprint density at radius 2 is 1.81 bits per heavy atom. The van der Waals surface area contributed by atoms with Crippen LogP contribution in [-0.2, 0) is 16.0 Å². The molecule has 8 heteroatoms. The van der Waals surface area contributed by atoms with Crippen molar-refractivity contribution < 1.29 is 19.1 Å². The zero-order valence-electron chi connectivity index (χ0n) is 17.7. The number of amides is 2. The number of nitrogens with one attached hydrogen (secondary N) is 2. The predicted octanol–water partition coefficient (Wildman–Crippen LogP) is 2.99. The molecule has 2 aromatic carbocycles. The Hall–Kier alpha value is -3.94. The van der Waals surface area contributed by atoms with Crippen LogP contribution in [0.2, 0.25) is 0 Å². The van der Waals surface area contributed by atoms with Crippen LogP contribution in [0.4, 0.5) is 5.69 Å². The number of hydrogen-bond donors (Lipinski definition) is 2. The summed E-state index contributed by atoms with van der Waals surface area (Å²) in [7, 11) is 1.56. The Morgan fingerprint density at radius 3 is 2.56 bits per heavy atom. The van der Waals surface area contributed by atoms with Crippen molar-refractivity contribution in [3.05, 3.63) is 66.4 Å². The topological polar surface area (TPSA) is 102 Å². The average Bonchev–Trinajstić information content (AvgIpc) is 3.62. The minimum absolute atomic E-state index is 0.0908. The third-order valence-electron chi connectivity index (χ3n) is 4.78. The molecule has 0 atom stereocenters. The van der Waals surface area contributed by atoms with E-state index in [1.165, 1.54) is 0 Å². The number of carbonyl (C=O) groups excluding carboxylic acids is 2. The lowest BCUT2D eigenvalue weighted by atomic mass is 10.2. The van der Waals surface area contributed by atoms with E-state index in [0.717, 1.165) is 18.4 Å². The van der Waals surface area contributed by atoms with Crippen LogP contribution in [0.25, 0.3) is 11.4 Å². The normalized spacial score (nSPS) is 12.7. The molecular weight excluding hydrogens is 408 g/mol. The molecule has 1 saturated carbocycles. The molecule has 0 spiro atoms. The quantitative estimate of drug-likeness (QED) is 0.539. The SMILES string of the molecule is COc1cccc(NC(=O)COc2cc(CC(=O)NC3CC3)nc(-c3ccccc3)n2)c1. The van der Waals surface area contributed by atoms with E-state index in [4.69, 9.17) is 9.47 Å². The first kappa shape index (κ1) is 21.3. The van der Waals surface area contributed by atoms with Gasteiger partial charge in [-0.05, 0) is 25.0 Å². The highest BCUT2D eigenvalue weighted by Gasteiger charge is 2.23. The maximum absolute atomic E-state index is 12.3. The van der Waals surface area contributed by atoms with E-state index in [0.29, 0.717) is 23.0 Å². The first-order chi connectivity index (χ1) is 15.6. The fraction of sp³-hybridized carbons (Fsp3) is 0.250. The molecule has 1 aromatic heterocycles. The molecule has 1 aliphatic carbocycles. The van der Waals surface area contributed by atoms with Gasteiger partial charge in [-0.25, -0.2) is 4.98 Å². The van der Waals surface area contributed by atoms with Crippen LogP contribution in [0.5, 0.6) is 11.6 Å². The average molecular weight is 432 g/mol. The first-order valence-corrected chi connectivity index (χ1v) is 10.4. The molecule has 0 saturated heterocycles. The largest absolute Gasteiger partial charge is 0.497 e. The predicted molar refractivity (Wildman–Crippen MR) is 119 cm³/mol. The Balaban J connectivity index is 1.46. The molecule has 0 unspecified atom stereocenters. The van der Waals surface area contributed by atoms with E-state index in [2.05, 4.69) is 20.6 Å². The molecular formula is C24H24N4O4. The highest BCUT2D eigenvalue weighted by Crippen LogP contribution is 2.21. The summed E-state index contributed by atoms with van der Waals surface area (Å²) < 4.78 is 10.8. The summed E-state index contributed by atoms with van der Waals surface area (Å²) in [4.78, 5) is 33.5. The lowest BCUT2D eigenvalue weighted by Crippen LogP contribution is -2.27. The van der Waals surface area contributed by atoms with Gasteiger partial charge in [0.25, 0.3) is 5.91 Å². The summed E-state index contributed by atoms with van der Waals surface area (Å²) in [5.41, 5.74) is 1.92. The van der Waals surface area contributed by atoms with Crippen LogP contribution < -0.4 is 20.1 Å². The number of carbonyl (C=O) groups is 2. The van der Waals surface area contributed by atoms with Gasteiger partial charge in [-0.1, -0.05) is 36.4 Å². The van der Waals surface area contributed by atoms with Crippen molar-refractivity contribution in [3.63, 3.8) is 0 Å². The molecule has 1 fully saturated rings. The molecule has 2 amide bonds. The Bertz CT molecular complexity index is 1100. The molecule has 3 aromatic rings. The van der Waals surface area contributed by atoms with Crippen LogP contribution in [0.1, 0.15) is 18.5 Å². The van der Waals surface area contributed by atoms with Crippen molar-refractivity contribution in [2.75, 3.05) is 19.0 Å². The fourth-order valence-corrected chi connectivity index (χ4v) is 3.06. The number of methoxy groups -OCH3 is 1. The van der Waals surface area contributed by atoms with Crippen LogP contribution in [-0.4, -0.2) is 41.5 Å². The number of nitrogens with zero attached hydrogens (tertiary/aromatic N) is 2. The van der Waals surface area contributed by atoms with Gasteiger partial charge in [0.05, 0.1) is 19.2 Å². The summed E-state index contributed by atoms with van der Waals surface area (Å²) in [6.07, 6.45) is 2.15. The minimum atomic E-state index is -0.342. The Labute approximate surface area is 186 Å². The van der Waals surface area contributed by atoms with Gasteiger partial charge in [0.15, 0.2) is 12.4 Å². The third kappa shape index (κ3) is 6.04. The lowest BCUT2D eigenvalue weighted by Gasteiger charge is -2.11. The Kier molecular flexibility index (Phi) is 6.60.